The van der Waals surface area contributed by atoms with E-state index in [-0.39, 0.29) is 0 Å². The van der Waals surface area contributed by atoms with Crippen LogP contribution in [0.1, 0.15) is 5.56 Å². The molecule has 43 heavy (non-hydrogen) atoms. The van der Waals surface area contributed by atoms with Crippen molar-refractivity contribution in [1.29, 1.82) is 0 Å². The highest BCUT2D eigenvalue weighted by molar-refractivity contribution is 7.26. The van der Waals surface area contributed by atoms with Gasteiger partial charge in [0.05, 0.1) is 0 Å². The lowest BCUT2D eigenvalue weighted by molar-refractivity contribution is 0.679. The lowest BCUT2D eigenvalue weighted by atomic mass is 9.74. The third-order valence-corrected chi connectivity index (χ3v) is 10.4. The zero-order valence-electron chi connectivity index (χ0n) is 23.6. The highest BCUT2D eigenvalue weighted by atomic mass is 32.1. The molecule has 0 nitrogen and oxygen atoms in total. The molecule has 0 N–H and O–H groups in total. The Balaban J connectivity index is 1.38. The number of hydrogen-bond donors (Lipinski definition) is 0. The molecular formula is C42H28S. The number of thiophene rings is 1. The van der Waals surface area contributed by atoms with E-state index in [9.17, 15) is 0 Å². The van der Waals surface area contributed by atoms with E-state index in [1.807, 2.05) is 11.3 Å². The van der Waals surface area contributed by atoms with Crippen LogP contribution < -0.4 is 0 Å². The summed E-state index contributed by atoms with van der Waals surface area (Å²) < 4.78 is 2.68. The Morgan fingerprint density at radius 3 is 1.84 bits per heavy atom. The van der Waals surface area contributed by atoms with Crippen LogP contribution in [0.4, 0.5) is 0 Å². The number of fused-ring (bicyclic) bond motifs is 6. The molecule has 2 aliphatic rings. The lowest BCUT2D eigenvalue weighted by Gasteiger charge is -2.29. The van der Waals surface area contributed by atoms with Gasteiger partial charge in [-0.2, -0.15) is 0 Å². The van der Waals surface area contributed by atoms with Gasteiger partial charge in [-0.1, -0.05) is 152 Å². The average Bonchev–Trinajstić information content (AvgIpc) is 3.47. The average molecular weight is 565 g/mol. The first kappa shape index (κ1) is 24.6. The number of rotatable bonds is 3. The molecule has 0 saturated carbocycles. The summed E-state index contributed by atoms with van der Waals surface area (Å²) in [6.07, 6.45) is 16.0. The van der Waals surface area contributed by atoms with Crippen LogP contribution in [0, 0.1) is 11.8 Å². The smallest absolute Gasteiger partial charge is 0.0434 e. The quantitative estimate of drug-likeness (QED) is 0.187. The van der Waals surface area contributed by atoms with E-state index in [0.717, 1.165) is 0 Å². The topological polar surface area (TPSA) is 0 Å². The van der Waals surface area contributed by atoms with E-state index < -0.39 is 0 Å². The minimum Gasteiger partial charge on any atom is -0.135 e. The number of allylic oxidation sites excluding steroid dienone is 8. The van der Waals surface area contributed by atoms with Gasteiger partial charge in [0.25, 0.3) is 0 Å². The summed E-state index contributed by atoms with van der Waals surface area (Å²) in [4.78, 5) is 0. The Bertz CT molecular complexity index is 2290. The van der Waals surface area contributed by atoms with Crippen molar-refractivity contribution < 1.29 is 0 Å². The summed E-state index contributed by atoms with van der Waals surface area (Å²) in [5.74, 6) is 0.736. The molecule has 2 aliphatic carbocycles. The molecule has 0 spiro atoms. The predicted octanol–water partition coefficient (Wildman–Crippen LogP) is 12.0. The van der Waals surface area contributed by atoms with Gasteiger partial charge in [-0.15, -0.1) is 11.3 Å². The summed E-state index contributed by atoms with van der Waals surface area (Å²) in [5, 5.41) is 7.94. The summed E-state index contributed by atoms with van der Waals surface area (Å²) in [6, 6.07) is 42.6. The Labute approximate surface area is 255 Å². The molecule has 0 fully saturated rings. The highest BCUT2D eigenvalue weighted by Crippen LogP contribution is 2.50. The van der Waals surface area contributed by atoms with Crippen LogP contribution in [-0.4, -0.2) is 0 Å². The first-order chi connectivity index (χ1) is 21.4. The molecule has 1 heterocycles. The molecule has 202 valence electrons. The van der Waals surface area contributed by atoms with Gasteiger partial charge in [-0.3, -0.25) is 0 Å². The Morgan fingerprint density at radius 2 is 1.07 bits per heavy atom. The van der Waals surface area contributed by atoms with Gasteiger partial charge in [0, 0.05) is 32.0 Å². The van der Waals surface area contributed by atoms with E-state index in [2.05, 4.69) is 158 Å². The van der Waals surface area contributed by atoms with Crippen LogP contribution >= 0.6 is 11.3 Å². The highest BCUT2D eigenvalue weighted by Gasteiger charge is 2.27. The van der Waals surface area contributed by atoms with Gasteiger partial charge in [-0.05, 0) is 61.0 Å². The minimum absolute atomic E-state index is 0.341. The maximum Gasteiger partial charge on any atom is 0.0434 e. The Hall–Kier alpha value is -4.98. The molecule has 0 bridgehead atoms. The summed E-state index contributed by atoms with van der Waals surface area (Å²) in [5.41, 5.74) is 7.97. The number of hydrogen-bond acceptors (Lipinski definition) is 1. The third-order valence-electron chi connectivity index (χ3n) is 9.24. The van der Waals surface area contributed by atoms with Gasteiger partial charge in [-0.25, -0.2) is 0 Å². The minimum atomic E-state index is 0.341. The molecule has 7 aromatic rings. The zero-order chi connectivity index (χ0) is 28.3. The predicted molar refractivity (Wildman–Crippen MR) is 188 cm³/mol. The standard InChI is InChI=1S/C42H28S/c1-2-13-28(14-3-1)30-22-11-25-37-41-36(24-12-26-38(41)43-42(30)37)40-34-20-8-6-18-32(34)39(33-19-7-9-21-35(33)40)31-23-10-16-27-15-4-5-17-29(27)31/h1-27,29H. The van der Waals surface area contributed by atoms with Crippen LogP contribution in [0.3, 0.4) is 0 Å². The fourth-order valence-corrected chi connectivity index (χ4v) is 8.66. The van der Waals surface area contributed by atoms with E-state index in [1.165, 1.54) is 75.1 Å². The summed E-state index contributed by atoms with van der Waals surface area (Å²) in [7, 11) is 0. The van der Waals surface area contributed by atoms with Crippen LogP contribution in [0.5, 0.6) is 0 Å². The van der Waals surface area contributed by atoms with Gasteiger partial charge in [0.2, 0.25) is 0 Å². The van der Waals surface area contributed by atoms with E-state index in [1.54, 1.807) is 0 Å². The van der Waals surface area contributed by atoms with Crippen molar-refractivity contribution in [2.45, 2.75) is 0 Å². The second-order valence-corrected chi connectivity index (χ2v) is 12.6. The van der Waals surface area contributed by atoms with Crippen molar-refractivity contribution in [1.82, 2.24) is 0 Å². The van der Waals surface area contributed by atoms with E-state index in [0.29, 0.717) is 11.8 Å². The second-order valence-electron chi connectivity index (χ2n) is 11.6. The van der Waals surface area contributed by atoms with Crippen LogP contribution in [0.2, 0.25) is 0 Å². The van der Waals surface area contributed by atoms with Crippen molar-refractivity contribution in [3.63, 3.8) is 0 Å². The van der Waals surface area contributed by atoms with Crippen LogP contribution in [-0.2, 0) is 0 Å². The second kappa shape index (κ2) is 9.80. The fourth-order valence-electron chi connectivity index (χ4n) is 7.40. The van der Waals surface area contributed by atoms with Crippen molar-refractivity contribution in [2.24, 2.45) is 11.8 Å². The fraction of sp³-hybridized carbons (Fsp3) is 0.0476. The van der Waals surface area contributed by atoms with Gasteiger partial charge in [0.1, 0.15) is 0 Å². The lowest BCUT2D eigenvalue weighted by Crippen LogP contribution is -2.15. The molecule has 0 aliphatic heterocycles. The molecule has 1 aromatic heterocycles. The molecule has 0 amide bonds. The molecule has 2 atom stereocenters. The van der Waals surface area contributed by atoms with Crippen molar-refractivity contribution in [2.75, 3.05) is 0 Å². The van der Waals surface area contributed by atoms with Gasteiger partial charge >= 0.3 is 0 Å². The monoisotopic (exact) mass is 564 g/mol. The molecule has 0 saturated heterocycles. The molecule has 9 rings (SSSR count). The maximum atomic E-state index is 2.38. The molecule has 0 radical (unpaired) electrons. The maximum absolute atomic E-state index is 2.38. The van der Waals surface area contributed by atoms with Gasteiger partial charge < -0.3 is 0 Å². The van der Waals surface area contributed by atoms with E-state index >= 15 is 0 Å². The Kier molecular flexibility index (Phi) is 5.61. The SMILES string of the molecule is C1=CC2C=CC=C(c3c4ccccc4c(-c4cccc5sc6c(-c7ccccc7)cccc6c45)c4ccccc34)C2C=C1. The molecular weight excluding hydrogens is 537 g/mol. The normalized spacial score (nSPS) is 17.6. The first-order valence-corrected chi connectivity index (χ1v) is 15.9. The van der Waals surface area contributed by atoms with Crippen molar-refractivity contribution >= 4 is 58.6 Å². The largest absolute Gasteiger partial charge is 0.135 e. The van der Waals surface area contributed by atoms with Gasteiger partial charge in [0.15, 0.2) is 0 Å². The molecule has 6 aromatic carbocycles. The third kappa shape index (κ3) is 3.75. The van der Waals surface area contributed by atoms with Crippen molar-refractivity contribution in [3.8, 4) is 22.3 Å². The molecule has 1 heteroatoms. The van der Waals surface area contributed by atoms with E-state index in [4.69, 9.17) is 0 Å². The summed E-state index contributed by atoms with van der Waals surface area (Å²) in [6.45, 7) is 0. The Morgan fingerprint density at radius 1 is 0.465 bits per heavy atom. The van der Waals surface area contributed by atoms with Crippen LogP contribution in [0.25, 0.3) is 69.5 Å². The van der Waals surface area contributed by atoms with Crippen molar-refractivity contribution in [3.05, 3.63) is 163 Å². The van der Waals surface area contributed by atoms with Crippen LogP contribution in [0.15, 0.2) is 158 Å². The zero-order valence-corrected chi connectivity index (χ0v) is 24.4. The molecule has 2 unspecified atom stereocenters. The first-order valence-electron chi connectivity index (χ1n) is 15.0. The summed E-state index contributed by atoms with van der Waals surface area (Å²) >= 11 is 1.91. The number of benzene rings is 6.